The van der Waals surface area contributed by atoms with Gasteiger partial charge in [-0.1, -0.05) is 6.07 Å². The fourth-order valence-electron chi connectivity index (χ4n) is 2.25. The molecule has 1 aliphatic rings. The lowest BCUT2D eigenvalue weighted by Gasteiger charge is -2.07. The van der Waals surface area contributed by atoms with Crippen LogP contribution in [0, 0.1) is 0 Å². The molecule has 5 nitrogen and oxygen atoms in total. The van der Waals surface area contributed by atoms with Crippen molar-refractivity contribution in [3.05, 3.63) is 53.3 Å². The van der Waals surface area contributed by atoms with Gasteiger partial charge in [-0.15, -0.1) is 0 Å². The topological polar surface area (TPSA) is 59.0 Å². The van der Waals surface area contributed by atoms with Gasteiger partial charge in [0.25, 0.3) is 5.91 Å². The zero-order valence-corrected chi connectivity index (χ0v) is 10.6. The average Bonchev–Trinajstić information content (AvgIpc) is 3.08. The van der Waals surface area contributed by atoms with Crippen molar-refractivity contribution in [1.29, 1.82) is 0 Å². The van der Waals surface area contributed by atoms with Crippen molar-refractivity contribution in [3.63, 3.8) is 0 Å². The Kier molecular flexibility index (Phi) is 3.29. The SMILES string of the molecule is O=C(NCCn1cccn1)c1ccc2c(c1)CNC2. The average molecular weight is 256 g/mol. The van der Waals surface area contributed by atoms with Crippen molar-refractivity contribution >= 4 is 5.91 Å². The lowest BCUT2D eigenvalue weighted by atomic mass is 10.1. The van der Waals surface area contributed by atoms with E-state index in [1.165, 1.54) is 11.1 Å². The monoisotopic (exact) mass is 256 g/mol. The molecule has 0 atom stereocenters. The first kappa shape index (κ1) is 11.9. The van der Waals surface area contributed by atoms with E-state index < -0.39 is 0 Å². The summed E-state index contributed by atoms with van der Waals surface area (Å²) in [6.45, 7) is 3.02. The molecule has 2 N–H and O–H groups in total. The Morgan fingerprint density at radius 3 is 3.11 bits per heavy atom. The minimum absolute atomic E-state index is 0.0261. The second-order valence-electron chi connectivity index (χ2n) is 4.61. The number of nitrogens with zero attached hydrogens (tertiary/aromatic N) is 2. The van der Waals surface area contributed by atoms with Crippen molar-refractivity contribution in [2.24, 2.45) is 0 Å². The molecule has 0 fully saturated rings. The molecule has 1 aromatic carbocycles. The third-order valence-electron chi connectivity index (χ3n) is 3.29. The summed E-state index contributed by atoms with van der Waals surface area (Å²) in [7, 11) is 0. The number of nitrogens with one attached hydrogen (secondary N) is 2. The number of aromatic nitrogens is 2. The van der Waals surface area contributed by atoms with Crippen LogP contribution in [0.25, 0.3) is 0 Å². The second kappa shape index (κ2) is 5.24. The number of amides is 1. The largest absolute Gasteiger partial charge is 0.350 e. The summed E-state index contributed by atoms with van der Waals surface area (Å²) in [5.74, 6) is -0.0261. The summed E-state index contributed by atoms with van der Waals surface area (Å²) in [5, 5.41) is 10.3. The van der Waals surface area contributed by atoms with Crippen LogP contribution in [-0.4, -0.2) is 22.2 Å². The van der Waals surface area contributed by atoms with Gasteiger partial charge in [0, 0.05) is 37.6 Å². The molecule has 0 unspecified atom stereocenters. The fourth-order valence-corrected chi connectivity index (χ4v) is 2.25. The molecule has 3 rings (SSSR count). The Bertz CT molecular complexity index is 577. The molecule has 0 bridgehead atoms. The minimum atomic E-state index is -0.0261. The lowest BCUT2D eigenvalue weighted by Crippen LogP contribution is -2.27. The third kappa shape index (κ3) is 2.66. The van der Waals surface area contributed by atoms with E-state index in [1.807, 2.05) is 30.5 Å². The number of hydrogen-bond donors (Lipinski definition) is 2. The summed E-state index contributed by atoms with van der Waals surface area (Å²) < 4.78 is 1.80. The van der Waals surface area contributed by atoms with Crippen LogP contribution in [0.2, 0.25) is 0 Å². The van der Waals surface area contributed by atoms with Gasteiger partial charge in [0.1, 0.15) is 0 Å². The van der Waals surface area contributed by atoms with Crippen molar-refractivity contribution in [3.8, 4) is 0 Å². The van der Waals surface area contributed by atoms with Crippen LogP contribution in [0.3, 0.4) is 0 Å². The predicted octanol–water partition coefficient (Wildman–Crippen LogP) is 0.916. The molecular weight excluding hydrogens is 240 g/mol. The van der Waals surface area contributed by atoms with E-state index >= 15 is 0 Å². The molecule has 1 aliphatic heterocycles. The number of benzene rings is 1. The molecule has 98 valence electrons. The Balaban J connectivity index is 1.58. The van der Waals surface area contributed by atoms with Crippen LogP contribution >= 0.6 is 0 Å². The summed E-state index contributed by atoms with van der Waals surface area (Å²) in [6, 6.07) is 7.75. The maximum absolute atomic E-state index is 12.0. The standard InChI is InChI=1S/C14H16N4O/c19-14(16-5-7-18-6-1-4-17-18)11-2-3-12-9-15-10-13(12)8-11/h1-4,6,8,15H,5,7,9-10H2,(H,16,19). The van der Waals surface area contributed by atoms with E-state index in [4.69, 9.17) is 0 Å². The van der Waals surface area contributed by atoms with Gasteiger partial charge in [-0.3, -0.25) is 9.48 Å². The van der Waals surface area contributed by atoms with Crippen LogP contribution < -0.4 is 10.6 Å². The molecule has 0 spiro atoms. The van der Waals surface area contributed by atoms with Gasteiger partial charge in [-0.05, 0) is 29.3 Å². The summed E-state index contributed by atoms with van der Waals surface area (Å²) in [5.41, 5.74) is 3.23. The summed E-state index contributed by atoms with van der Waals surface area (Å²) >= 11 is 0. The number of rotatable bonds is 4. The predicted molar refractivity (Wildman–Crippen MR) is 71.5 cm³/mol. The van der Waals surface area contributed by atoms with Gasteiger partial charge in [-0.2, -0.15) is 5.10 Å². The third-order valence-corrected chi connectivity index (χ3v) is 3.29. The Labute approximate surface area is 111 Å². The second-order valence-corrected chi connectivity index (χ2v) is 4.61. The van der Waals surface area contributed by atoms with Crippen molar-refractivity contribution in [2.45, 2.75) is 19.6 Å². The number of carbonyl (C=O) groups excluding carboxylic acids is 1. The molecule has 1 amide bonds. The number of fused-ring (bicyclic) bond motifs is 1. The van der Waals surface area contributed by atoms with Gasteiger partial charge >= 0.3 is 0 Å². The molecule has 1 aromatic heterocycles. The molecule has 0 aliphatic carbocycles. The summed E-state index contributed by atoms with van der Waals surface area (Å²) in [4.78, 5) is 12.0. The first-order valence-corrected chi connectivity index (χ1v) is 6.41. The highest BCUT2D eigenvalue weighted by atomic mass is 16.1. The van der Waals surface area contributed by atoms with Gasteiger partial charge in [-0.25, -0.2) is 0 Å². The van der Waals surface area contributed by atoms with Gasteiger partial charge in [0.15, 0.2) is 0 Å². The number of hydrogen-bond acceptors (Lipinski definition) is 3. The molecule has 0 saturated carbocycles. The highest BCUT2D eigenvalue weighted by Gasteiger charge is 2.13. The molecule has 19 heavy (non-hydrogen) atoms. The Morgan fingerprint density at radius 1 is 1.37 bits per heavy atom. The highest BCUT2D eigenvalue weighted by molar-refractivity contribution is 5.94. The van der Waals surface area contributed by atoms with Gasteiger partial charge in [0.05, 0.1) is 6.54 Å². The molecule has 0 saturated heterocycles. The van der Waals surface area contributed by atoms with E-state index in [1.54, 1.807) is 10.9 Å². The van der Waals surface area contributed by atoms with Crippen LogP contribution in [0.5, 0.6) is 0 Å². The van der Waals surface area contributed by atoms with Crippen molar-refractivity contribution in [1.82, 2.24) is 20.4 Å². The van der Waals surface area contributed by atoms with E-state index in [0.717, 1.165) is 18.7 Å². The molecule has 5 heteroatoms. The van der Waals surface area contributed by atoms with Crippen LogP contribution in [0.15, 0.2) is 36.7 Å². The molecular formula is C14H16N4O. The summed E-state index contributed by atoms with van der Waals surface area (Å²) in [6.07, 6.45) is 3.61. The van der Waals surface area contributed by atoms with E-state index in [-0.39, 0.29) is 5.91 Å². The maximum Gasteiger partial charge on any atom is 0.251 e. The quantitative estimate of drug-likeness (QED) is 0.855. The first-order chi connectivity index (χ1) is 9.33. The van der Waals surface area contributed by atoms with Crippen molar-refractivity contribution < 1.29 is 4.79 Å². The Hall–Kier alpha value is -2.14. The van der Waals surface area contributed by atoms with Crippen LogP contribution in [0.4, 0.5) is 0 Å². The Morgan fingerprint density at radius 2 is 2.26 bits per heavy atom. The van der Waals surface area contributed by atoms with Crippen molar-refractivity contribution in [2.75, 3.05) is 6.54 Å². The maximum atomic E-state index is 12.0. The molecule has 2 heterocycles. The van der Waals surface area contributed by atoms with E-state index in [0.29, 0.717) is 13.1 Å². The number of carbonyl (C=O) groups is 1. The van der Waals surface area contributed by atoms with Gasteiger partial charge < -0.3 is 10.6 Å². The smallest absolute Gasteiger partial charge is 0.251 e. The van der Waals surface area contributed by atoms with Crippen LogP contribution in [-0.2, 0) is 19.6 Å². The van der Waals surface area contributed by atoms with Gasteiger partial charge in [0.2, 0.25) is 0 Å². The molecule has 2 aromatic rings. The first-order valence-electron chi connectivity index (χ1n) is 6.41. The lowest BCUT2D eigenvalue weighted by molar-refractivity contribution is 0.0952. The fraction of sp³-hybridized carbons (Fsp3) is 0.286. The highest BCUT2D eigenvalue weighted by Crippen LogP contribution is 2.16. The minimum Gasteiger partial charge on any atom is -0.350 e. The normalized spacial score (nSPS) is 13.3. The van der Waals surface area contributed by atoms with Crippen LogP contribution in [0.1, 0.15) is 21.5 Å². The zero-order chi connectivity index (χ0) is 13.1. The van der Waals surface area contributed by atoms with E-state index in [9.17, 15) is 4.79 Å². The zero-order valence-electron chi connectivity index (χ0n) is 10.6. The van der Waals surface area contributed by atoms with E-state index in [2.05, 4.69) is 15.7 Å². The molecule has 0 radical (unpaired) electrons.